The van der Waals surface area contributed by atoms with Gasteiger partial charge in [-0.3, -0.25) is 9.80 Å². The molecule has 0 aliphatic carbocycles. The Morgan fingerprint density at radius 2 is 1.78 bits per heavy atom. The highest BCUT2D eigenvalue weighted by Crippen LogP contribution is 2.40. The summed E-state index contributed by atoms with van der Waals surface area (Å²) < 4.78 is 5.84. The number of hydrogen-bond donors (Lipinski definition) is 1. The van der Waals surface area contributed by atoms with Crippen molar-refractivity contribution in [3.05, 3.63) is 58.1 Å². The number of nitrogens with one attached hydrogen (secondary N) is 1. The number of hydrogen-bond acceptors (Lipinski definition) is 4. The minimum Gasteiger partial charge on any atom is -0.497 e. The first-order chi connectivity index (χ1) is 15.4. The van der Waals surface area contributed by atoms with Gasteiger partial charge in [-0.1, -0.05) is 35.3 Å². The summed E-state index contributed by atoms with van der Waals surface area (Å²) in [4.78, 5) is 13.3. The molecule has 8 heteroatoms. The summed E-state index contributed by atoms with van der Waals surface area (Å²) in [7, 11) is 3.73. The maximum atomic E-state index is 13.3. The van der Waals surface area contributed by atoms with Crippen LogP contribution in [0.3, 0.4) is 0 Å². The zero-order chi connectivity index (χ0) is 22.7. The summed E-state index contributed by atoms with van der Waals surface area (Å²) in [6.07, 6.45) is 5.14. The average molecular weight is 476 g/mol. The maximum absolute atomic E-state index is 13.3. The number of rotatable bonds is 5. The zero-order valence-corrected chi connectivity index (χ0v) is 20.0. The van der Waals surface area contributed by atoms with Gasteiger partial charge in [0.2, 0.25) is 0 Å². The van der Waals surface area contributed by atoms with Gasteiger partial charge in [-0.2, -0.15) is 10.5 Å². The molecular formula is C24H29Cl2N4O2+. The second-order valence-corrected chi connectivity index (χ2v) is 9.52. The first-order valence-corrected chi connectivity index (χ1v) is 11.8. The first-order valence-electron chi connectivity index (χ1n) is 11.0. The number of likely N-dealkylation sites (tertiary alicyclic amines) is 1. The van der Waals surface area contributed by atoms with Crippen LogP contribution in [0, 0.1) is 0 Å². The molecule has 0 bridgehead atoms. The molecule has 1 N–H and O–H groups in total. The van der Waals surface area contributed by atoms with Crippen LogP contribution in [0.1, 0.15) is 43.7 Å². The number of benzene rings is 2. The van der Waals surface area contributed by atoms with Crippen molar-refractivity contribution in [1.29, 1.82) is 0 Å². The first kappa shape index (κ1) is 22.9. The SMILES string of the molecule is COc1ccc(C2CC(C(=O)N[N+]3(C)CCCCCC3)=NN2c2ccc(Cl)cc2Cl)cc1. The fourth-order valence-electron chi connectivity index (χ4n) is 4.43. The number of hydrazone groups is 1. The fourth-order valence-corrected chi connectivity index (χ4v) is 4.93. The number of halogens is 2. The topological polar surface area (TPSA) is 53.9 Å². The molecule has 4 rings (SSSR count). The Morgan fingerprint density at radius 3 is 2.41 bits per heavy atom. The van der Waals surface area contributed by atoms with E-state index in [1.807, 2.05) is 35.3 Å². The Morgan fingerprint density at radius 1 is 1.09 bits per heavy atom. The van der Waals surface area contributed by atoms with E-state index >= 15 is 0 Å². The van der Waals surface area contributed by atoms with Gasteiger partial charge in [-0.25, -0.2) is 4.59 Å². The Kier molecular flexibility index (Phi) is 6.93. The standard InChI is InChI=1S/C24H28Cl2N4O2/c1-30(13-5-3-4-6-14-30)28-24(31)21-16-23(17-7-10-19(32-2)11-8-17)29(27-21)22-12-9-18(25)15-20(22)26/h7-12,15,23H,3-6,13-14,16H2,1-2H3/p+1. The van der Waals surface area contributed by atoms with Crippen molar-refractivity contribution in [2.24, 2.45) is 5.10 Å². The van der Waals surface area contributed by atoms with Crippen LogP contribution in [0.5, 0.6) is 5.75 Å². The Bertz CT molecular complexity index is 1000. The molecular weight excluding hydrogens is 447 g/mol. The lowest BCUT2D eigenvalue weighted by atomic mass is 10.0. The van der Waals surface area contributed by atoms with E-state index in [0.717, 1.165) is 42.9 Å². The molecule has 2 aliphatic rings. The van der Waals surface area contributed by atoms with Gasteiger partial charge in [0, 0.05) is 11.4 Å². The van der Waals surface area contributed by atoms with Crippen LogP contribution in [0.15, 0.2) is 47.6 Å². The number of amides is 1. The van der Waals surface area contributed by atoms with Gasteiger partial charge < -0.3 is 4.74 Å². The quantitative estimate of drug-likeness (QED) is 0.591. The Balaban J connectivity index is 1.63. The third kappa shape index (κ3) is 5.03. The number of carbonyl (C=O) groups is 1. The molecule has 2 heterocycles. The summed E-state index contributed by atoms with van der Waals surface area (Å²) in [5, 5.41) is 7.62. The average Bonchev–Trinajstić information content (AvgIpc) is 3.10. The van der Waals surface area contributed by atoms with Gasteiger partial charge in [0.15, 0.2) is 0 Å². The minimum atomic E-state index is -0.158. The molecule has 2 aliphatic heterocycles. The maximum Gasteiger partial charge on any atom is 0.312 e. The summed E-state index contributed by atoms with van der Waals surface area (Å²) in [6, 6.07) is 13.0. The number of anilines is 1. The van der Waals surface area contributed by atoms with E-state index in [4.69, 9.17) is 33.0 Å². The predicted molar refractivity (Wildman–Crippen MR) is 129 cm³/mol. The molecule has 1 fully saturated rings. The monoisotopic (exact) mass is 475 g/mol. The van der Waals surface area contributed by atoms with Crippen LogP contribution in [-0.4, -0.2) is 43.5 Å². The van der Waals surface area contributed by atoms with E-state index in [2.05, 4.69) is 12.5 Å². The molecule has 2 aromatic carbocycles. The van der Waals surface area contributed by atoms with Gasteiger partial charge >= 0.3 is 5.91 Å². The molecule has 1 saturated heterocycles. The molecule has 0 saturated carbocycles. The van der Waals surface area contributed by atoms with Crippen molar-refractivity contribution >= 4 is 40.5 Å². The second-order valence-electron chi connectivity index (χ2n) is 8.68. The highest BCUT2D eigenvalue weighted by atomic mass is 35.5. The lowest BCUT2D eigenvalue weighted by Gasteiger charge is -2.32. The van der Waals surface area contributed by atoms with E-state index in [9.17, 15) is 4.79 Å². The van der Waals surface area contributed by atoms with Crippen molar-refractivity contribution in [3.63, 3.8) is 0 Å². The number of quaternary nitrogens is 1. The molecule has 2 aromatic rings. The fraction of sp³-hybridized carbons (Fsp3) is 0.417. The highest BCUT2D eigenvalue weighted by Gasteiger charge is 2.36. The number of methoxy groups -OCH3 is 1. The van der Waals surface area contributed by atoms with Gasteiger partial charge in [0.05, 0.1) is 30.9 Å². The van der Waals surface area contributed by atoms with Crippen LogP contribution in [0.2, 0.25) is 10.0 Å². The van der Waals surface area contributed by atoms with Gasteiger partial charge in [0.25, 0.3) is 0 Å². The largest absolute Gasteiger partial charge is 0.497 e. The molecule has 1 unspecified atom stereocenters. The summed E-state index contributed by atoms with van der Waals surface area (Å²) in [6.45, 7) is 1.88. The summed E-state index contributed by atoms with van der Waals surface area (Å²) in [5.41, 5.74) is 5.47. The Hall–Kier alpha value is -2.28. The molecule has 32 heavy (non-hydrogen) atoms. The lowest BCUT2D eigenvalue weighted by molar-refractivity contribution is -0.942. The molecule has 0 radical (unpaired) electrons. The van der Waals surface area contributed by atoms with Gasteiger partial charge in [-0.05, 0) is 61.6 Å². The molecule has 170 valence electrons. The van der Waals surface area contributed by atoms with Gasteiger partial charge in [-0.15, -0.1) is 0 Å². The minimum absolute atomic E-state index is 0.125. The Labute approximate surface area is 199 Å². The number of nitrogens with zero attached hydrogens (tertiary/aromatic N) is 3. The van der Waals surface area contributed by atoms with Crippen LogP contribution in [0.4, 0.5) is 5.69 Å². The second kappa shape index (κ2) is 9.69. The lowest BCUT2D eigenvalue weighted by Crippen LogP contribution is -2.59. The van der Waals surface area contributed by atoms with Crippen molar-refractivity contribution in [3.8, 4) is 5.75 Å². The van der Waals surface area contributed by atoms with E-state index in [1.165, 1.54) is 12.8 Å². The zero-order valence-electron chi connectivity index (χ0n) is 18.5. The molecule has 6 nitrogen and oxygen atoms in total. The van der Waals surface area contributed by atoms with E-state index in [1.54, 1.807) is 19.2 Å². The summed E-state index contributed by atoms with van der Waals surface area (Å²) >= 11 is 12.6. The van der Waals surface area contributed by atoms with Crippen molar-refractivity contribution in [2.45, 2.75) is 38.1 Å². The van der Waals surface area contributed by atoms with Crippen molar-refractivity contribution in [2.75, 3.05) is 32.3 Å². The number of carbonyl (C=O) groups excluding carboxylic acids is 1. The van der Waals surface area contributed by atoms with E-state index in [-0.39, 0.29) is 11.9 Å². The van der Waals surface area contributed by atoms with Crippen molar-refractivity contribution < 1.29 is 14.1 Å². The van der Waals surface area contributed by atoms with Crippen molar-refractivity contribution in [1.82, 2.24) is 5.43 Å². The third-order valence-electron chi connectivity index (χ3n) is 6.25. The molecule has 0 aromatic heterocycles. The normalized spacial score (nSPS) is 20.4. The molecule has 0 spiro atoms. The third-order valence-corrected chi connectivity index (χ3v) is 6.79. The van der Waals surface area contributed by atoms with Gasteiger partial charge in [0.1, 0.15) is 24.6 Å². The smallest absolute Gasteiger partial charge is 0.312 e. The highest BCUT2D eigenvalue weighted by molar-refractivity contribution is 6.40. The van der Waals surface area contributed by atoms with Crippen LogP contribution >= 0.6 is 23.2 Å². The summed E-state index contributed by atoms with van der Waals surface area (Å²) in [5.74, 6) is 0.654. The van der Waals surface area contributed by atoms with Crippen LogP contribution < -0.4 is 15.2 Å². The van der Waals surface area contributed by atoms with E-state index in [0.29, 0.717) is 26.8 Å². The molecule has 1 amide bonds. The van der Waals surface area contributed by atoms with Crippen LogP contribution in [0.25, 0.3) is 0 Å². The predicted octanol–water partition coefficient (Wildman–Crippen LogP) is 5.36. The molecule has 1 atom stereocenters. The van der Waals surface area contributed by atoms with E-state index < -0.39 is 0 Å². The number of ether oxygens (including phenoxy) is 1. The van der Waals surface area contributed by atoms with Crippen LogP contribution in [-0.2, 0) is 4.79 Å².